The zero-order valence-electron chi connectivity index (χ0n) is 12.2. The van der Waals surface area contributed by atoms with Crippen LogP contribution < -0.4 is 5.48 Å². The van der Waals surface area contributed by atoms with Gasteiger partial charge in [-0.05, 0) is 37.1 Å². The molecule has 0 aliphatic rings. The summed E-state index contributed by atoms with van der Waals surface area (Å²) in [6.45, 7) is 0. The maximum atomic E-state index is 10.8. The van der Waals surface area contributed by atoms with Crippen LogP contribution in [0.2, 0.25) is 0 Å². The molecule has 1 aromatic heterocycles. The van der Waals surface area contributed by atoms with Gasteiger partial charge in [-0.15, -0.1) is 0 Å². The third-order valence-corrected chi connectivity index (χ3v) is 3.88. The summed E-state index contributed by atoms with van der Waals surface area (Å²) in [5.74, 6) is 1.20. The van der Waals surface area contributed by atoms with Gasteiger partial charge in [-0.1, -0.05) is 28.8 Å². The van der Waals surface area contributed by atoms with E-state index in [1.54, 1.807) is 11.7 Å². The largest absolute Gasteiger partial charge is 0.441 e. The van der Waals surface area contributed by atoms with Crippen molar-refractivity contribution in [1.29, 1.82) is 0 Å². The van der Waals surface area contributed by atoms with Gasteiger partial charge in [0.2, 0.25) is 11.8 Å². The summed E-state index contributed by atoms with van der Waals surface area (Å²) in [5, 5.41) is 8.38. The van der Waals surface area contributed by atoms with Crippen LogP contribution in [-0.2, 0) is 11.2 Å². The number of aromatic nitrogens is 1. The van der Waals surface area contributed by atoms with E-state index in [1.165, 1.54) is 0 Å². The van der Waals surface area contributed by atoms with Crippen molar-refractivity contribution in [1.82, 2.24) is 10.5 Å². The summed E-state index contributed by atoms with van der Waals surface area (Å²) in [4.78, 5) is 15.1. The number of hydrogen-bond donors (Lipinski definition) is 2. The van der Waals surface area contributed by atoms with Crippen LogP contribution in [0.1, 0.15) is 37.9 Å². The molecular formula is C16H19BrN2O3. The topological polar surface area (TPSA) is 75.4 Å². The number of nitrogens with zero attached hydrogens (tertiary/aromatic N) is 1. The Morgan fingerprint density at radius 2 is 1.91 bits per heavy atom. The Morgan fingerprint density at radius 3 is 2.64 bits per heavy atom. The van der Waals surface area contributed by atoms with Crippen LogP contribution in [-0.4, -0.2) is 16.1 Å². The Kier molecular flexibility index (Phi) is 6.61. The fourth-order valence-electron chi connectivity index (χ4n) is 2.14. The number of benzene rings is 1. The minimum atomic E-state index is -0.325. The molecule has 0 fully saturated rings. The molecule has 0 aliphatic heterocycles. The number of carbonyl (C=O) groups is 1. The second-order valence-electron chi connectivity index (χ2n) is 5.09. The Labute approximate surface area is 137 Å². The van der Waals surface area contributed by atoms with E-state index < -0.39 is 0 Å². The lowest BCUT2D eigenvalue weighted by molar-refractivity contribution is -0.129. The molecule has 2 aromatic rings. The van der Waals surface area contributed by atoms with Crippen molar-refractivity contribution in [2.45, 2.75) is 38.5 Å². The number of aryl methyl sites for hydroxylation is 1. The van der Waals surface area contributed by atoms with Crippen LogP contribution in [0.5, 0.6) is 0 Å². The molecule has 1 amide bonds. The molecule has 1 heterocycles. The highest BCUT2D eigenvalue weighted by atomic mass is 79.9. The van der Waals surface area contributed by atoms with Gasteiger partial charge in [-0.3, -0.25) is 10.0 Å². The molecule has 1 aromatic carbocycles. The van der Waals surface area contributed by atoms with E-state index in [9.17, 15) is 4.79 Å². The van der Waals surface area contributed by atoms with Gasteiger partial charge in [0, 0.05) is 22.9 Å². The highest BCUT2D eigenvalue weighted by Crippen LogP contribution is 2.22. The number of hydroxylamine groups is 1. The predicted octanol–water partition coefficient (Wildman–Crippen LogP) is 4.10. The predicted molar refractivity (Wildman–Crippen MR) is 86.4 cm³/mol. The number of oxazole rings is 1. The van der Waals surface area contributed by atoms with Crippen LogP contribution in [0.4, 0.5) is 0 Å². The molecular weight excluding hydrogens is 348 g/mol. The van der Waals surface area contributed by atoms with Gasteiger partial charge in [0.05, 0.1) is 6.20 Å². The Hall–Kier alpha value is -1.66. The van der Waals surface area contributed by atoms with Crippen LogP contribution in [0.3, 0.4) is 0 Å². The molecule has 118 valence electrons. The van der Waals surface area contributed by atoms with Crippen molar-refractivity contribution >= 4 is 21.8 Å². The van der Waals surface area contributed by atoms with E-state index in [2.05, 4.69) is 20.9 Å². The number of unbranched alkanes of at least 4 members (excludes halogenated alkanes) is 3. The lowest BCUT2D eigenvalue weighted by Gasteiger charge is -2.00. The SMILES string of the molecule is O=C(CCCCCCc1cnc(-c2ccc(Br)cc2)o1)NO. The van der Waals surface area contributed by atoms with Crippen LogP contribution >= 0.6 is 15.9 Å². The molecule has 0 saturated heterocycles. The van der Waals surface area contributed by atoms with E-state index in [0.717, 1.165) is 47.9 Å². The van der Waals surface area contributed by atoms with Crippen molar-refractivity contribution in [3.05, 3.63) is 40.7 Å². The summed E-state index contributed by atoms with van der Waals surface area (Å²) in [5.41, 5.74) is 2.60. The van der Waals surface area contributed by atoms with Gasteiger partial charge in [0.15, 0.2) is 0 Å². The molecule has 0 saturated carbocycles. The van der Waals surface area contributed by atoms with E-state index in [4.69, 9.17) is 9.62 Å². The number of rotatable bonds is 8. The van der Waals surface area contributed by atoms with Gasteiger partial charge < -0.3 is 4.42 Å². The number of carbonyl (C=O) groups excluding carboxylic acids is 1. The fraction of sp³-hybridized carbons (Fsp3) is 0.375. The fourth-order valence-corrected chi connectivity index (χ4v) is 2.41. The van der Waals surface area contributed by atoms with E-state index >= 15 is 0 Å². The first-order chi connectivity index (χ1) is 10.7. The van der Waals surface area contributed by atoms with Gasteiger partial charge in [-0.25, -0.2) is 10.5 Å². The van der Waals surface area contributed by atoms with Crippen LogP contribution in [0, 0.1) is 0 Å². The molecule has 2 rings (SSSR count). The zero-order chi connectivity index (χ0) is 15.8. The normalized spacial score (nSPS) is 10.6. The highest BCUT2D eigenvalue weighted by molar-refractivity contribution is 9.10. The molecule has 5 nitrogen and oxygen atoms in total. The van der Waals surface area contributed by atoms with Gasteiger partial charge in [0.25, 0.3) is 0 Å². The number of halogens is 1. The minimum Gasteiger partial charge on any atom is -0.441 e. The Bertz CT molecular complexity index is 596. The van der Waals surface area contributed by atoms with Crippen LogP contribution in [0.25, 0.3) is 11.5 Å². The van der Waals surface area contributed by atoms with E-state index in [1.807, 2.05) is 24.3 Å². The number of nitrogens with one attached hydrogen (secondary N) is 1. The molecule has 0 spiro atoms. The minimum absolute atomic E-state index is 0.325. The second kappa shape index (κ2) is 8.70. The molecule has 2 N–H and O–H groups in total. The quantitative estimate of drug-likeness (QED) is 0.418. The lowest BCUT2D eigenvalue weighted by Crippen LogP contribution is -2.17. The van der Waals surface area contributed by atoms with Crippen molar-refractivity contribution in [2.75, 3.05) is 0 Å². The first kappa shape index (κ1) is 16.7. The molecule has 0 atom stereocenters. The summed E-state index contributed by atoms with van der Waals surface area (Å²) in [7, 11) is 0. The average molecular weight is 367 g/mol. The first-order valence-electron chi connectivity index (χ1n) is 7.32. The van der Waals surface area contributed by atoms with Crippen LogP contribution in [0.15, 0.2) is 39.4 Å². The maximum Gasteiger partial charge on any atom is 0.243 e. The number of amides is 1. The molecule has 0 bridgehead atoms. The standard InChI is InChI=1S/C16H19BrN2O3/c17-13-9-7-12(8-10-13)16-18-11-14(22-16)5-3-1-2-4-6-15(20)19-21/h7-11,21H,1-6H2,(H,19,20). The second-order valence-corrected chi connectivity index (χ2v) is 6.00. The molecule has 0 unspecified atom stereocenters. The van der Waals surface area contributed by atoms with Crippen molar-refractivity contribution in [2.24, 2.45) is 0 Å². The summed E-state index contributed by atoms with van der Waals surface area (Å²) < 4.78 is 6.77. The summed E-state index contributed by atoms with van der Waals surface area (Å²) in [6.07, 6.45) is 6.75. The maximum absolute atomic E-state index is 10.8. The molecule has 22 heavy (non-hydrogen) atoms. The third-order valence-electron chi connectivity index (χ3n) is 3.35. The number of hydrogen-bond acceptors (Lipinski definition) is 4. The van der Waals surface area contributed by atoms with E-state index in [-0.39, 0.29) is 5.91 Å². The highest BCUT2D eigenvalue weighted by Gasteiger charge is 2.06. The first-order valence-corrected chi connectivity index (χ1v) is 8.12. The van der Waals surface area contributed by atoms with E-state index in [0.29, 0.717) is 12.3 Å². The summed E-state index contributed by atoms with van der Waals surface area (Å²) >= 11 is 3.40. The monoisotopic (exact) mass is 366 g/mol. The average Bonchev–Trinajstić information content (AvgIpc) is 3.00. The smallest absolute Gasteiger partial charge is 0.243 e. The molecule has 0 aliphatic carbocycles. The Balaban J connectivity index is 1.71. The molecule has 6 heteroatoms. The summed E-state index contributed by atoms with van der Waals surface area (Å²) in [6, 6.07) is 7.85. The third kappa shape index (κ3) is 5.27. The van der Waals surface area contributed by atoms with Gasteiger partial charge >= 0.3 is 0 Å². The lowest BCUT2D eigenvalue weighted by atomic mass is 10.1. The van der Waals surface area contributed by atoms with Gasteiger partial charge in [-0.2, -0.15) is 0 Å². The molecule has 0 radical (unpaired) electrons. The van der Waals surface area contributed by atoms with Crippen molar-refractivity contribution < 1.29 is 14.4 Å². The Morgan fingerprint density at radius 1 is 1.18 bits per heavy atom. The van der Waals surface area contributed by atoms with Crippen molar-refractivity contribution in [3.63, 3.8) is 0 Å². The zero-order valence-corrected chi connectivity index (χ0v) is 13.8. The van der Waals surface area contributed by atoms with Gasteiger partial charge in [0.1, 0.15) is 5.76 Å². The van der Waals surface area contributed by atoms with Crippen molar-refractivity contribution in [3.8, 4) is 11.5 Å².